The number of piperidine rings is 1. The van der Waals surface area contributed by atoms with Crippen molar-refractivity contribution in [1.82, 2.24) is 15.1 Å². The Morgan fingerprint density at radius 1 is 1.28 bits per heavy atom. The number of hydrogen-bond acceptors (Lipinski definition) is 4. The zero-order chi connectivity index (χ0) is 13.0. The molecule has 1 unspecified atom stereocenters. The number of nitrogens with zero attached hydrogens (tertiary/aromatic N) is 2. The molecule has 2 aliphatic heterocycles. The molecule has 2 heterocycles. The SMILES string of the molecule is CN1CCC(NC(=O)CC2COCCN2C)CC1. The van der Waals surface area contributed by atoms with E-state index in [1.807, 2.05) is 0 Å². The smallest absolute Gasteiger partial charge is 0.221 e. The minimum absolute atomic E-state index is 0.173. The topological polar surface area (TPSA) is 44.8 Å². The lowest BCUT2D eigenvalue weighted by atomic mass is 10.0. The van der Waals surface area contributed by atoms with Gasteiger partial charge >= 0.3 is 0 Å². The van der Waals surface area contributed by atoms with Crippen LogP contribution in [0.15, 0.2) is 0 Å². The lowest BCUT2D eigenvalue weighted by molar-refractivity contribution is -0.124. The predicted molar refractivity (Wildman–Crippen MR) is 70.5 cm³/mol. The number of nitrogens with one attached hydrogen (secondary N) is 1. The Hall–Kier alpha value is -0.650. The number of amides is 1. The highest BCUT2D eigenvalue weighted by Gasteiger charge is 2.24. The zero-order valence-corrected chi connectivity index (χ0v) is 11.5. The first kappa shape index (κ1) is 13.8. The first-order chi connectivity index (χ1) is 8.65. The van der Waals surface area contributed by atoms with E-state index in [1.165, 1.54) is 0 Å². The van der Waals surface area contributed by atoms with Gasteiger partial charge in [0.1, 0.15) is 0 Å². The standard InChI is InChI=1S/C13H25N3O2/c1-15-5-3-11(4-6-15)14-13(17)9-12-10-18-8-7-16(12)2/h11-12H,3-10H2,1-2H3,(H,14,17). The molecule has 1 N–H and O–H groups in total. The summed E-state index contributed by atoms with van der Waals surface area (Å²) >= 11 is 0. The maximum Gasteiger partial charge on any atom is 0.221 e. The fourth-order valence-electron chi connectivity index (χ4n) is 2.61. The average Bonchev–Trinajstić information content (AvgIpc) is 2.35. The number of ether oxygens (including phenoxy) is 1. The van der Waals surface area contributed by atoms with E-state index < -0.39 is 0 Å². The Morgan fingerprint density at radius 2 is 2.00 bits per heavy atom. The summed E-state index contributed by atoms with van der Waals surface area (Å²) in [6, 6.07) is 0.605. The van der Waals surface area contributed by atoms with Crippen LogP contribution in [0.2, 0.25) is 0 Å². The number of morpholine rings is 1. The monoisotopic (exact) mass is 255 g/mol. The molecule has 0 radical (unpaired) electrons. The molecule has 2 fully saturated rings. The van der Waals surface area contributed by atoms with Gasteiger partial charge in [0.25, 0.3) is 0 Å². The third kappa shape index (κ3) is 3.93. The van der Waals surface area contributed by atoms with Crippen molar-refractivity contribution >= 4 is 5.91 Å². The van der Waals surface area contributed by atoms with Crippen LogP contribution >= 0.6 is 0 Å². The molecular weight excluding hydrogens is 230 g/mol. The lowest BCUT2D eigenvalue weighted by Gasteiger charge is -2.33. The number of carbonyl (C=O) groups excluding carboxylic acids is 1. The van der Waals surface area contributed by atoms with E-state index in [4.69, 9.17) is 4.74 Å². The van der Waals surface area contributed by atoms with E-state index in [0.717, 1.165) is 39.1 Å². The van der Waals surface area contributed by atoms with Gasteiger partial charge in [0.15, 0.2) is 0 Å². The van der Waals surface area contributed by atoms with Crippen LogP contribution in [0.3, 0.4) is 0 Å². The molecule has 0 bridgehead atoms. The van der Waals surface area contributed by atoms with Crippen LogP contribution in [0, 0.1) is 0 Å². The summed E-state index contributed by atoms with van der Waals surface area (Å²) in [6.45, 7) is 4.54. The molecule has 0 aromatic rings. The molecule has 18 heavy (non-hydrogen) atoms. The third-order valence-electron chi connectivity index (χ3n) is 4.03. The number of likely N-dealkylation sites (tertiary alicyclic amines) is 1. The molecule has 2 rings (SSSR count). The molecule has 104 valence electrons. The first-order valence-corrected chi connectivity index (χ1v) is 6.91. The summed E-state index contributed by atoms with van der Waals surface area (Å²) in [6.07, 6.45) is 2.70. The lowest BCUT2D eigenvalue weighted by Crippen LogP contribution is -2.48. The molecule has 1 atom stereocenters. The molecule has 2 aliphatic rings. The summed E-state index contributed by atoms with van der Waals surface area (Å²) in [4.78, 5) is 16.5. The number of likely N-dealkylation sites (N-methyl/N-ethyl adjacent to an activating group) is 1. The number of hydrogen-bond donors (Lipinski definition) is 1. The molecule has 5 heteroatoms. The predicted octanol–water partition coefficient (Wildman–Crippen LogP) is -0.0825. The average molecular weight is 255 g/mol. The van der Waals surface area contributed by atoms with Crippen LogP contribution in [0.5, 0.6) is 0 Å². The Balaban J connectivity index is 1.71. The van der Waals surface area contributed by atoms with Crippen LogP contribution in [0.25, 0.3) is 0 Å². The van der Waals surface area contributed by atoms with E-state index in [-0.39, 0.29) is 11.9 Å². The summed E-state index contributed by atoms with van der Waals surface area (Å²) < 4.78 is 5.43. The van der Waals surface area contributed by atoms with E-state index in [0.29, 0.717) is 19.1 Å². The molecule has 0 aliphatic carbocycles. The minimum atomic E-state index is 0.173. The van der Waals surface area contributed by atoms with Crippen molar-refractivity contribution in [3.05, 3.63) is 0 Å². The number of rotatable bonds is 3. The van der Waals surface area contributed by atoms with E-state index in [2.05, 4.69) is 29.2 Å². The molecule has 1 amide bonds. The van der Waals surface area contributed by atoms with Crippen LogP contribution in [-0.4, -0.2) is 74.7 Å². The molecular formula is C13H25N3O2. The second-order valence-corrected chi connectivity index (χ2v) is 5.56. The third-order valence-corrected chi connectivity index (χ3v) is 4.03. The quantitative estimate of drug-likeness (QED) is 0.766. The van der Waals surface area contributed by atoms with Gasteiger partial charge < -0.3 is 15.0 Å². The van der Waals surface area contributed by atoms with Crippen molar-refractivity contribution in [2.45, 2.75) is 31.3 Å². The zero-order valence-electron chi connectivity index (χ0n) is 11.5. The highest BCUT2D eigenvalue weighted by Crippen LogP contribution is 2.11. The highest BCUT2D eigenvalue weighted by molar-refractivity contribution is 5.76. The van der Waals surface area contributed by atoms with Gasteiger partial charge in [-0.3, -0.25) is 9.69 Å². The van der Waals surface area contributed by atoms with E-state index >= 15 is 0 Å². The molecule has 0 saturated carbocycles. The van der Waals surface area contributed by atoms with Gasteiger partial charge in [0.2, 0.25) is 5.91 Å². The Labute approximate surface area is 109 Å². The summed E-state index contributed by atoms with van der Waals surface area (Å²) in [7, 11) is 4.20. The van der Waals surface area contributed by atoms with Crippen LogP contribution in [0.4, 0.5) is 0 Å². The Bertz CT molecular complexity index is 277. The van der Waals surface area contributed by atoms with E-state index in [1.54, 1.807) is 0 Å². The summed E-state index contributed by atoms with van der Waals surface area (Å²) in [5.41, 5.74) is 0. The first-order valence-electron chi connectivity index (χ1n) is 6.91. The van der Waals surface area contributed by atoms with Crippen LogP contribution < -0.4 is 5.32 Å². The Morgan fingerprint density at radius 3 is 2.67 bits per heavy atom. The van der Waals surface area contributed by atoms with Crippen molar-refractivity contribution in [3.63, 3.8) is 0 Å². The van der Waals surface area contributed by atoms with Crippen LogP contribution in [0.1, 0.15) is 19.3 Å². The maximum atomic E-state index is 12.0. The van der Waals surface area contributed by atoms with Crippen molar-refractivity contribution in [3.8, 4) is 0 Å². The second-order valence-electron chi connectivity index (χ2n) is 5.56. The molecule has 5 nitrogen and oxygen atoms in total. The normalized spacial score (nSPS) is 28.2. The fourth-order valence-corrected chi connectivity index (χ4v) is 2.61. The van der Waals surface area contributed by atoms with Crippen molar-refractivity contribution < 1.29 is 9.53 Å². The molecule has 0 aromatic carbocycles. The highest BCUT2D eigenvalue weighted by atomic mass is 16.5. The molecule has 0 spiro atoms. The summed E-state index contributed by atoms with van der Waals surface area (Å²) in [5, 5.41) is 3.16. The van der Waals surface area contributed by atoms with Gasteiger partial charge in [-0.05, 0) is 40.0 Å². The van der Waals surface area contributed by atoms with Crippen molar-refractivity contribution in [2.75, 3.05) is 46.9 Å². The Kier molecular flexibility index (Phi) is 4.97. The minimum Gasteiger partial charge on any atom is -0.378 e. The fraction of sp³-hybridized carbons (Fsp3) is 0.923. The molecule has 2 saturated heterocycles. The van der Waals surface area contributed by atoms with Gasteiger partial charge in [-0.25, -0.2) is 0 Å². The summed E-state index contributed by atoms with van der Waals surface area (Å²) in [5.74, 6) is 0.173. The largest absolute Gasteiger partial charge is 0.378 e. The van der Waals surface area contributed by atoms with Crippen molar-refractivity contribution in [2.24, 2.45) is 0 Å². The van der Waals surface area contributed by atoms with Gasteiger partial charge in [-0.1, -0.05) is 0 Å². The van der Waals surface area contributed by atoms with E-state index in [9.17, 15) is 4.79 Å². The van der Waals surface area contributed by atoms with Crippen molar-refractivity contribution in [1.29, 1.82) is 0 Å². The molecule has 0 aromatic heterocycles. The van der Waals surface area contributed by atoms with Gasteiger partial charge in [0.05, 0.1) is 13.2 Å². The maximum absolute atomic E-state index is 12.0. The second kappa shape index (κ2) is 6.50. The van der Waals surface area contributed by atoms with Gasteiger partial charge in [0, 0.05) is 25.0 Å². The van der Waals surface area contributed by atoms with Gasteiger partial charge in [-0.2, -0.15) is 0 Å². The van der Waals surface area contributed by atoms with Gasteiger partial charge in [-0.15, -0.1) is 0 Å². The van der Waals surface area contributed by atoms with Crippen LogP contribution in [-0.2, 0) is 9.53 Å². The number of carbonyl (C=O) groups is 1.